The standard InChI is InChI=1S/C16H18O4S.C12H14O3S.C11H12O.C10H9ClO2.C10H10O3.C4H5ClO.C4H10O2S2.Cl2OS/c1-3-4-16(18)21-12-11-20-15(17)10-7-13-5-8-14(19-2)9-6-13;1-14-11-5-2-10(3-6-11)4-7-12(13)15-8-9-16;1-9-3-6-11(7-4-9)8-5-10(2)12;2*1-13-9-5-2-8(3-6-9)4-7-10(11)12;1-2-3-4(5)6;5-1-3-8(7)4-2-6;1-4(2)3/h3-10H,11-12H2,1-2H3;2-7,16H,8-9H2,1H3;3-8H,1-2H3;2-7H,1H3;2-7H,1H3,(H,11,12);2-3H,1H3;5-6H,1-4H2;. The molecule has 5 rings (SSSR count). The molecule has 5 aromatic rings. The molecule has 0 atom stereocenters. The molecule has 26 heteroatoms. The molecule has 0 radical (unpaired) electrons. The van der Waals surface area contributed by atoms with Crippen molar-refractivity contribution < 1.29 is 81.5 Å². The second-order valence-electron chi connectivity index (χ2n) is 16.9. The number of carbonyl (C=O) groups excluding carboxylic acids is 6. The molecule has 3 N–H and O–H groups in total. The first-order valence-corrected chi connectivity index (χ1v) is 34.8. The van der Waals surface area contributed by atoms with Crippen LogP contribution in [0.1, 0.15) is 54.2 Å². The zero-order chi connectivity index (χ0) is 70.6. The van der Waals surface area contributed by atoms with Gasteiger partial charge in [-0.1, -0.05) is 126 Å². The Bertz CT molecular complexity index is 3090. The maximum atomic E-state index is 11.5. The minimum atomic E-state index is -1.67. The number of halogens is 4. The highest BCUT2D eigenvalue weighted by Crippen LogP contribution is 2.16. The Morgan fingerprint density at radius 1 is 0.516 bits per heavy atom. The van der Waals surface area contributed by atoms with Crippen LogP contribution in [0, 0.1) is 6.92 Å². The Kier molecular flexibility index (Phi) is 59.5. The third-order valence-corrected chi connectivity index (χ3v) is 13.3. The number of ketones is 1. The van der Waals surface area contributed by atoms with Crippen LogP contribution in [0.15, 0.2) is 176 Å². The summed E-state index contributed by atoms with van der Waals surface area (Å²) >= 11 is 19.9. The van der Waals surface area contributed by atoms with E-state index in [0.717, 1.165) is 68.7 Å². The fourth-order valence-electron chi connectivity index (χ4n) is 5.56. The van der Waals surface area contributed by atoms with Crippen LogP contribution in [0.2, 0.25) is 0 Å². The molecule has 5 aromatic carbocycles. The summed E-state index contributed by atoms with van der Waals surface area (Å²) in [6.45, 7) is 7.93. The van der Waals surface area contributed by atoms with Crippen LogP contribution in [0.5, 0.6) is 23.0 Å². The number of benzene rings is 5. The summed E-state index contributed by atoms with van der Waals surface area (Å²) in [5.41, 5.74) is 5.85. The molecule has 0 unspecified atom stereocenters. The summed E-state index contributed by atoms with van der Waals surface area (Å²) < 4.78 is 38.9. The van der Waals surface area contributed by atoms with Gasteiger partial charge in [-0.2, -0.15) is 12.6 Å². The predicted octanol–water partition coefficient (Wildman–Crippen LogP) is 13.6. The van der Waals surface area contributed by atoms with Crippen molar-refractivity contribution in [2.45, 2.75) is 27.7 Å². The maximum absolute atomic E-state index is 11.5. The van der Waals surface area contributed by atoms with Crippen LogP contribution in [0.4, 0.5) is 0 Å². The summed E-state index contributed by atoms with van der Waals surface area (Å²) in [7, 11) is 13.6. The molecule has 93 heavy (non-hydrogen) atoms. The van der Waals surface area contributed by atoms with E-state index < -0.39 is 31.7 Å². The molecule has 0 saturated carbocycles. The number of aliphatic carboxylic acids is 1. The number of carboxylic acid groups (broad SMARTS) is 1. The topological polar surface area (TPSA) is 253 Å². The molecule has 0 aliphatic rings. The van der Waals surface area contributed by atoms with Gasteiger partial charge in [0.15, 0.2) is 5.78 Å². The number of thioether (sulfide) groups is 1. The summed E-state index contributed by atoms with van der Waals surface area (Å²) in [6, 6.07) is 37.2. The van der Waals surface area contributed by atoms with E-state index in [4.69, 9.17) is 82.3 Å². The highest BCUT2D eigenvalue weighted by molar-refractivity contribution is 8.28. The first-order valence-electron chi connectivity index (χ1n) is 27.2. The number of esters is 2. The number of hydrogen-bond donors (Lipinski definition) is 4. The molecule has 0 aromatic heterocycles. The van der Waals surface area contributed by atoms with Crippen LogP contribution < -0.4 is 18.9 Å². The van der Waals surface area contributed by atoms with Gasteiger partial charge in [-0.25, -0.2) is 18.6 Å². The first-order chi connectivity index (χ1) is 44.3. The van der Waals surface area contributed by atoms with Crippen LogP contribution in [0.25, 0.3) is 30.4 Å². The number of thiol groups is 1. The lowest BCUT2D eigenvalue weighted by atomic mass is 10.1. The second kappa shape index (κ2) is 61.3. The van der Waals surface area contributed by atoms with Gasteiger partial charge in [-0.3, -0.25) is 19.2 Å². The molecule has 0 bridgehead atoms. The van der Waals surface area contributed by atoms with E-state index in [1.807, 2.05) is 110 Å². The number of carbonyl (C=O) groups is 7. The Morgan fingerprint density at radius 2 is 0.828 bits per heavy atom. The summed E-state index contributed by atoms with van der Waals surface area (Å²) in [5.74, 6) is 3.72. The van der Waals surface area contributed by atoms with Gasteiger partial charge in [-0.15, -0.1) is 9.45 Å². The number of carboxylic acids is 1. The average Bonchev–Trinajstić information content (AvgIpc) is 3.60. The Labute approximate surface area is 583 Å². The SMILES string of the molecule is CC(=O)C=Cc1ccc(C)cc1.CC=CC(=O)Cl.CC=CC(=O)SCCOC(=O)C=Cc1ccc(OC)cc1.COc1ccc(C=CC(=O)Cl)cc1.COc1ccc(C=CC(=O)O)cc1.COc1ccc(C=CC(=O)OCCS)cc1.O=S(Cl)Cl.OCCS(=S)CCO. The van der Waals surface area contributed by atoms with E-state index in [2.05, 4.69) is 34.0 Å². The quantitative estimate of drug-likeness (QED) is 0.0139. The van der Waals surface area contributed by atoms with Crippen molar-refractivity contribution in [2.24, 2.45) is 0 Å². The van der Waals surface area contributed by atoms with Crippen molar-refractivity contribution in [3.05, 3.63) is 209 Å². The van der Waals surface area contributed by atoms with Gasteiger partial charge in [0.1, 0.15) is 36.2 Å². The van der Waals surface area contributed by atoms with Gasteiger partial charge < -0.3 is 43.7 Å². The number of allylic oxidation sites excluding steroid dienone is 5. The van der Waals surface area contributed by atoms with Gasteiger partial charge in [0.2, 0.25) is 24.8 Å². The molecule has 0 saturated heterocycles. The zero-order valence-corrected chi connectivity index (χ0v) is 59.6. The van der Waals surface area contributed by atoms with Crippen molar-refractivity contribution in [2.75, 3.05) is 77.9 Å². The van der Waals surface area contributed by atoms with Crippen LogP contribution >= 0.6 is 69.0 Å². The predicted molar refractivity (Wildman–Crippen MR) is 390 cm³/mol. The van der Waals surface area contributed by atoms with Crippen molar-refractivity contribution >= 4 is 168 Å². The average molecular weight is 1460 g/mol. The normalized spacial score (nSPS) is 10.4. The lowest BCUT2D eigenvalue weighted by Crippen LogP contribution is -2.07. The zero-order valence-electron chi connectivity index (χ0n) is 52.4. The van der Waals surface area contributed by atoms with E-state index in [1.165, 1.54) is 42.0 Å². The minimum Gasteiger partial charge on any atom is -0.497 e. The monoisotopic (exact) mass is 1450 g/mol. The number of aryl methyl sites for hydroxylation is 1. The lowest BCUT2D eigenvalue weighted by molar-refractivity contribution is -0.137. The fourth-order valence-corrected chi connectivity index (χ4v) is 7.50. The molecule has 0 amide bonds. The van der Waals surface area contributed by atoms with Crippen LogP contribution in [-0.4, -0.2) is 137 Å². The van der Waals surface area contributed by atoms with Gasteiger partial charge >= 0.3 is 17.9 Å². The first kappa shape index (κ1) is 90.3. The molecule has 0 fully saturated rings. The Morgan fingerprint density at radius 3 is 1.11 bits per heavy atom. The van der Waals surface area contributed by atoms with Gasteiger partial charge in [0.05, 0.1) is 41.7 Å². The van der Waals surface area contributed by atoms with E-state index in [9.17, 15) is 33.6 Å². The molecule has 0 aliphatic carbocycles. The molecule has 0 aliphatic heterocycles. The number of aliphatic hydroxyl groups excluding tert-OH is 2. The number of methoxy groups -OCH3 is 4. The van der Waals surface area contributed by atoms with Gasteiger partial charge in [0, 0.05) is 62.6 Å². The van der Waals surface area contributed by atoms with Crippen molar-refractivity contribution in [3.8, 4) is 23.0 Å². The van der Waals surface area contributed by atoms with E-state index in [-0.39, 0.29) is 46.1 Å². The van der Waals surface area contributed by atoms with E-state index >= 15 is 0 Å². The Hall–Kier alpha value is -6.93. The van der Waals surface area contributed by atoms with Crippen molar-refractivity contribution in [1.29, 1.82) is 0 Å². The highest BCUT2D eigenvalue weighted by atomic mass is 36.0. The van der Waals surface area contributed by atoms with Gasteiger partial charge in [-0.05, 0) is 170 Å². The summed E-state index contributed by atoms with van der Waals surface area (Å²) in [4.78, 5) is 74.7. The largest absolute Gasteiger partial charge is 0.497 e. The summed E-state index contributed by atoms with van der Waals surface area (Å²) in [6.07, 6.45) is 21.1. The highest BCUT2D eigenvalue weighted by Gasteiger charge is 2.02. The molecule has 506 valence electrons. The molecule has 0 heterocycles. The molecular formula is C67H78Cl4O17S5. The molecule has 17 nitrogen and oxygen atoms in total. The second-order valence-corrected chi connectivity index (χ2v) is 24.9. The number of hydrogen-bond acceptors (Lipinski definition) is 19. The Balaban J connectivity index is -0.00000103. The summed E-state index contributed by atoms with van der Waals surface area (Å²) in [5, 5.41) is 24.1. The molecular weight excluding hydrogens is 1380 g/mol. The van der Waals surface area contributed by atoms with Crippen molar-refractivity contribution in [3.63, 3.8) is 0 Å². The number of ether oxygens (including phenoxy) is 6. The van der Waals surface area contributed by atoms with Gasteiger partial charge in [0.25, 0.3) is 0 Å². The lowest BCUT2D eigenvalue weighted by Gasteiger charge is -2.01. The number of rotatable bonds is 25. The smallest absolute Gasteiger partial charge is 0.330 e. The number of aliphatic hydroxyl groups is 2. The maximum Gasteiger partial charge on any atom is 0.330 e. The third kappa shape index (κ3) is 59.8. The van der Waals surface area contributed by atoms with Crippen LogP contribution in [0.3, 0.4) is 0 Å². The third-order valence-electron chi connectivity index (χ3n) is 9.85. The van der Waals surface area contributed by atoms with E-state index in [0.29, 0.717) is 29.6 Å². The molecule has 0 spiro atoms. The van der Waals surface area contributed by atoms with Crippen molar-refractivity contribution in [1.82, 2.24) is 0 Å². The van der Waals surface area contributed by atoms with Crippen LogP contribution in [-0.2, 0) is 72.9 Å². The minimum absolute atomic E-state index is 0.0395. The van der Waals surface area contributed by atoms with E-state index in [1.54, 1.807) is 110 Å². The fraction of sp³-hybridized carbons (Fsp3) is 0.239.